The van der Waals surface area contributed by atoms with Crippen molar-refractivity contribution in [1.82, 2.24) is 42.8 Å². The Morgan fingerprint density at radius 2 is 0.531 bits per heavy atom. The van der Waals surface area contributed by atoms with Crippen LogP contribution in [0.15, 0.2) is 514 Å². The minimum atomic E-state index is 0.269. The molecule has 1 aliphatic carbocycles. The third kappa shape index (κ3) is 13.4. The monoisotopic (exact) mass is 1850 g/mol. The Balaban J connectivity index is 0.000000105. The van der Waals surface area contributed by atoms with Crippen molar-refractivity contribution in [1.29, 1.82) is 0 Å². The van der Waals surface area contributed by atoms with Gasteiger partial charge >= 0.3 is 0 Å². The first kappa shape index (κ1) is 82.7. The number of benzene rings is 21. The van der Waals surface area contributed by atoms with E-state index in [-0.39, 0.29) is 6.04 Å². The fourth-order valence-corrected chi connectivity index (χ4v) is 23.3. The van der Waals surface area contributed by atoms with Crippen molar-refractivity contribution in [2.45, 2.75) is 12.0 Å². The van der Waals surface area contributed by atoms with Crippen LogP contribution < -0.4 is 4.90 Å². The maximum absolute atomic E-state index is 6.53. The summed E-state index contributed by atoms with van der Waals surface area (Å²) in [6, 6.07) is 174. The molecule has 145 heavy (non-hydrogen) atoms. The number of fused-ring (bicyclic) bond motifs is 27. The van der Waals surface area contributed by atoms with Gasteiger partial charge in [-0.2, -0.15) is 0 Å². The number of hydrogen-bond acceptors (Lipinski definition) is 6. The normalized spacial score (nSPS) is 13.4. The fourth-order valence-electron chi connectivity index (χ4n) is 23.3. The fraction of sp³-hybridized carbons (Fsp3) is 0.0149. The number of para-hydroxylation sites is 11. The molecule has 9 heterocycles. The molecule has 2 unspecified atom stereocenters. The molecular formula is C134H86N10O. The number of allylic oxidation sites excluding steroid dienone is 2. The first-order chi connectivity index (χ1) is 72.0. The highest BCUT2D eigenvalue weighted by atomic mass is 16.3. The average Bonchev–Trinajstić information content (AvgIpc) is 1.54. The Bertz CT molecular complexity index is 10200. The van der Waals surface area contributed by atoms with Crippen LogP contribution in [0.1, 0.15) is 11.5 Å². The van der Waals surface area contributed by atoms with Gasteiger partial charge < -0.3 is 23.0 Å². The summed E-state index contributed by atoms with van der Waals surface area (Å²) in [4.78, 5) is 23.3. The van der Waals surface area contributed by atoms with Crippen molar-refractivity contribution >= 4 is 175 Å². The maximum atomic E-state index is 6.53. The van der Waals surface area contributed by atoms with Crippen LogP contribution in [0.3, 0.4) is 0 Å². The van der Waals surface area contributed by atoms with E-state index in [9.17, 15) is 0 Å². The summed E-state index contributed by atoms with van der Waals surface area (Å²) >= 11 is 0. The SMILES string of the molecule is C1=CC2c3cc(-c4ccc5c(c4)c4ccccc4n5-c4nc(-c5ccccc5)c5ccccc5n4)ccc3N(c3ccccc3)C2C=C1.c1ccc(-c2nc(-n3c4ccccc4c4c5c6ccccc6oc5c5ccccc5c43)nc3ccccc23)cc1.c1ccc(-n2c3ccccc3c3cc(-c4ccc5c(c4)c4cc(-c6ccc7c(c6)c6ccccc6n7-c6ccccc6)ccc4n5-c4ccccc4)ccc32)cc1. The highest BCUT2D eigenvalue weighted by Crippen LogP contribution is 2.52. The van der Waals surface area contributed by atoms with Crippen molar-refractivity contribution < 1.29 is 4.42 Å². The second kappa shape index (κ2) is 33.7. The molecule has 2 atom stereocenters. The Morgan fingerprint density at radius 3 is 0.993 bits per heavy atom. The van der Waals surface area contributed by atoms with E-state index in [1.54, 1.807) is 0 Å². The van der Waals surface area contributed by atoms with Crippen molar-refractivity contribution in [2.75, 3.05) is 4.90 Å². The molecule has 11 nitrogen and oxygen atoms in total. The number of aromatic nitrogens is 9. The van der Waals surface area contributed by atoms with E-state index >= 15 is 0 Å². The minimum absolute atomic E-state index is 0.269. The molecule has 8 aromatic heterocycles. The molecule has 0 saturated heterocycles. The molecule has 678 valence electrons. The lowest BCUT2D eigenvalue weighted by atomic mass is 9.89. The van der Waals surface area contributed by atoms with Gasteiger partial charge in [0.1, 0.15) is 11.2 Å². The molecule has 0 saturated carbocycles. The van der Waals surface area contributed by atoms with E-state index in [1.807, 2.05) is 42.5 Å². The molecule has 21 aromatic carbocycles. The van der Waals surface area contributed by atoms with Crippen molar-refractivity contribution in [2.24, 2.45) is 0 Å². The maximum Gasteiger partial charge on any atom is 0.235 e. The zero-order chi connectivity index (χ0) is 95.3. The number of nitrogens with zero attached hydrogens (tertiary/aromatic N) is 10. The summed E-state index contributed by atoms with van der Waals surface area (Å²) in [5, 5.41) is 18.7. The van der Waals surface area contributed by atoms with Gasteiger partial charge in [0, 0.05) is 132 Å². The number of rotatable bonds is 11. The van der Waals surface area contributed by atoms with Gasteiger partial charge in [0.05, 0.1) is 83.6 Å². The van der Waals surface area contributed by atoms with Crippen LogP contribution in [-0.2, 0) is 0 Å². The van der Waals surface area contributed by atoms with E-state index in [4.69, 9.17) is 24.4 Å². The van der Waals surface area contributed by atoms with Crippen LogP contribution in [0.2, 0.25) is 0 Å². The van der Waals surface area contributed by atoms with Crippen molar-refractivity contribution in [3.8, 4) is 84.9 Å². The summed E-state index contributed by atoms with van der Waals surface area (Å²) in [7, 11) is 0. The van der Waals surface area contributed by atoms with Crippen LogP contribution in [0.4, 0.5) is 11.4 Å². The lowest BCUT2D eigenvalue weighted by Crippen LogP contribution is -2.28. The molecule has 11 heteroatoms. The molecular weight excluding hydrogens is 1770 g/mol. The van der Waals surface area contributed by atoms with Gasteiger partial charge in [-0.15, -0.1) is 0 Å². The van der Waals surface area contributed by atoms with Crippen molar-refractivity contribution in [3.63, 3.8) is 0 Å². The lowest BCUT2D eigenvalue weighted by molar-refractivity contribution is 0.673. The number of anilines is 2. The number of furan rings is 1. The minimum Gasteiger partial charge on any atom is -0.455 e. The summed E-state index contributed by atoms with van der Waals surface area (Å²) in [5.41, 5.74) is 33.8. The topological polar surface area (TPSA) is 92.6 Å². The largest absolute Gasteiger partial charge is 0.455 e. The summed E-state index contributed by atoms with van der Waals surface area (Å²) in [6.45, 7) is 0. The van der Waals surface area contributed by atoms with Gasteiger partial charge in [0.25, 0.3) is 0 Å². The number of hydrogen-bond donors (Lipinski definition) is 0. The van der Waals surface area contributed by atoms with E-state index in [0.29, 0.717) is 17.8 Å². The molecule has 2 aliphatic rings. The predicted molar refractivity (Wildman–Crippen MR) is 603 cm³/mol. The molecule has 0 bridgehead atoms. The quantitative estimate of drug-likeness (QED) is 0.128. The Kier molecular flexibility index (Phi) is 19.2. The molecule has 31 rings (SSSR count). The third-order valence-corrected chi connectivity index (χ3v) is 29.7. The van der Waals surface area contributed by atoms with E-state index in [0.717, 1.165) is 116 Å². The predicted octanol–water partition coefficient (Wildman–Crippen LogP) is 34.5. The van der Waals surface area contributed by atoms with E-state index < -0.39 is 0 Å². The lowest BCUT2D eigenvalue weighted by Gasteiger charge is -2.28. The molecule has 29 aromatic rings. The van der Waals surface area contributed by atoms with Crippen LogP contribution >= 0.6 is 0 Å². The summed E-state index contributed by atoms with van der Waals surface area (Å²) in [6.07, 6.45) is 9.04. The molecule has 0 fully saturated rings. The van der Waals surface area contributed by atoms with Gasteiger partial charge in [-0.25, -0.2) is 19.9 Å². The van der Waals surface area contributed by atoms with Crippen LogP contribution in [-0.4, -0.2) is 48.8 Å². The summed E-state index contributed by atoms with van der Waals surface area (Å²) < 4.78 is 18.2. The summed E-state index contributed by atoms with van der Waals surface area (Å²) in [5.74, 6) is 1.63. The van der Waals surface area contributed by atoms with Gasteiger partial charge in [-0.3, -0.25) is 9.13 Å². The molecule has 0 spiro atoms. The van der Waals surface area contributed by atoms with Crippen LogP contribution in [0.25, 0.3) is 248 Å². The van der Waals surface area contributed by atoms with Gasteiger partial charge in [-0.05, 0) is 203 Å². The second-order valence-electron chi connectivity index (χ2n) is 37.8. The Hall–Kier alpha value is -19.4. The average molecular weight is 1850 g/mol. The standard InChI is InChI=1S/C54H35N3.C44H30N4.C36H21N3O/c1-4-14-40(15-5-1)55-49-22-12-10-20-43(49)45-32-36(24-28-51(45)55)38-26-30-53-47(34-38)48-35-39(27-31-54(48)57(53)42-18-8-3-9-19-42)37-25-29-52-46(33-37)44-21-11-13-23-50(44)56(52)41-16-6-2-7-17-41;1-3-13-29(14-4-1)43-35-19-7-10-20-38(35)45-44(46-43)48-40-22-12-9-18-34(40)37-28-31(24-26-42(37)48)30-23-25-41-36(27-30)33-17-8-11-21-39(33)47(41)32-15-5-2-6-16-32;1-2-12-22(13-3-1)33-25-16-6-9-19-28(25)37-36(38-33)39-29-20-10-7-17-26(29)31-32-27-18-8-11-21-30(27)40-35(32)24-15-5-4-14-23(24)34(31)39/h1-35H;1-28,33,39H;1-21H. The van der Waals surface area contributed by atoms with Gasteiger partial charge in [-0.1, -0.05) is 346 Å². The second-order valence-corrected chi connectivity index (χ2v) is 37.8. The zero-order valence-electron chi connectivity index (χ0n) is 78.5. The third-order valence-electron chi connectivity index (χ3n) is 29.7. The van der Waals surface area contributed by atoms with Crippen molar-refractivity contribution in [3.05, 3.63) is 515 Å². The molecule has 0 N–H and O–H groups in total. The molecule has 1 aliphatic heterocycles. The first-order valence-electron chi connectivity index (χ1n) is 49.6. The highest BCUT2D eigenvalue weighted by molar-refractivity contribution is 6.36. The van der Waals surface area contributed by atoms with Gasteiger partial charge in [0.15, 0.2) is 0 Å². The molecule has 0 radical (unpaired) electrons. The van der Waals surface area contributed by atoms with Crippen LogP contribution in [0, 0.1) is 0 Å². The smallest absolute Gasteiger partial charge is 0.235 e. The van der Waals surface area contributed by atoms with E-state index in [2.05, 4.69) is 495 Å². The Labute approximate surface area is 833 Å². The van der Waals surface area contributed by atoms with Crippen LogP contribution in [0.5, 0.6) is 0 Å². The highest BCUT2D eigenvalue weighted by Gasteiger charge is 2.38. The van der Waals surface area contributed by atoms with Gasteiger partial charge in [0.2, 0.25) is 11.9 Å². The first-order valence-corrected chi connectivity index (χ1v) is 49.6. The zero-order valence-corrected chi connectivity index (χ0v) is 78.5. The molecule has 0 amide bonds. The van der Waals surface area contributed by atoms with E-state index in [1.165, 1.54) is 138 Å². The Morgan fingerprint density at radius 1 is 0.207 bits per heavy atom.